The van der Waals surface area contributed by atoms with Crippen LogP contribution in [0.2, 0.25) is 5.02 Å². The number of rotatable bonds is 3. The summed E-state index contributed by atoms with van der Waals surface area (Å²) in [6, 6.07) is 15.3. The fourth-order valence-electron chi connectivity index (χ4n) is 3.13. The lowest BCUT2D eigenvalue weighted by molar-refractivity contribution is 0.0495. The Bertz CT molecular complexity index is 721. The van der Waals surface area contributed by atoms with E-state index in [4.69, 9.17) is 16.3 Å². The fourth-order valence-corrected chi connectivity index (χ4v) is 3.30. The first-order valence-corrected chi connectivity index (χ1v) is 8.36. The van der Waals surface area contributed by atoms with Gasteiger partial charge in [0.2, 0.25) is 0 Å². The number of carbonyl (C=O) groups excluding carboxylic acids is 1. The largest absolute Gasteiger partial charge is 0.496 e. The molecule has 1 heterocycles. The van der Waals surface area contributed by atoms with Gasteiger partial charge in [-0.25, -0.2) is 0 Å². The molecule has 0 radical (unpaired) electrons. The first-order chi connectivity index (χ1) is 11.6. The lowest BCUT2D eigenvalue weighted by atomic mass is 10.0. The maximum absolute atomic E-state index is 13.2. The van der Waals surface area contributed by atoms with Gasteiger partial charge in [0.1, 0.15) is 5.75 Å². The highest BCUT2D eigenvalue weighted by Gasteiger charge is 2.32. The predicted octanol–water partition coefficient (Wildman–Crippen LogP) is 3.48. The van der Waals surface area contributed by atoms with Crippen molar-refractivity contribution in [3.8, 4) is 5.75 Å². The Balaban J connectivity index is 1.96. The van der Waals surface area contributed by atoms with Gasteiger partial charge in [-0.1, -0.05) is 41.9 Å². The topological polar surface area (TPSA) is 32.8 Å². The van der Waals surface area contributed by atoms with Crippen LogP contribution in [0.5, 0.6) is 5.75 Å². The Kier molecular flexibility index (Phi) is 5.07. The molecule has 4 nitrogen and oxygen atoms in total. The van der Waals surface area contributed by atoms with Crippen LogP contribution in [0, 0.1) is 0 Å². The average Bonchev–Trinajstić information content (AvgIpc) is 2.62. The van der Waals surface area contributed by atoms with E-state index in [0.717, 1.165) is 18.7 Å². The summed E-state index contributed by atoms with van der Waals surface area (Å²) in [5.41, 5.74) is 1.65. The number of hydrogen-bond acceptors (Lipinski definition) is 3. The van der Waals surface area contributed by atoms with E-state index in [-0.39, 0.29) is 11.9 Å². The van der Waals surface area contributed by atoms with Gasteiger partial charge in [-0.2, -0.15) is 0 Å². The van der Waals surface area contributed by atoms with Crippen LogP contribution in [0.25, 0.3) is 0 Å². The number of piperazine rings is 1. The van der Waals surface area contributed by atoms with Gasteiger partial charge >= 0.3 is 0 Å². The zero-order valence-corrected chi connectivity index (χ0v) is 14.7. The summed E-state index contributed by atoms with van der Waals surface area (Å²) in [5.74, 6) is 0.506. The van der Waals surface area contributed by atoms with Gasteiger partial charge in [0.05, 0.1) is 18.7 Å². The molecule has 0 saturated carbocycles. The quantitative estimate of drug-likeness (QED) is 0.854. The van der Waals surface area contributed by atoms with Crippen molar-refractivity contribution >= 4 is 17.5 Å². The zero-order chi connectivity index (χ0) is 17.1. The van der Waals surface area contributed by atoms with E-state index < -0.39 is 0 Å². The smallest absolute Gasteiger partial charge is 0.258 e. The van der Waals surface area contributed by atoms with Crippen molar-refractivity contribution in [1.82, 2.24) is 9.80 Å². The molecule has 1 unspecified atom stereocenters. The Morgan fingerprint density at radius 3 is 2.62 bits per heavy atom. The molecular weight excluding hydrogens is 324 g/mol. The molecule has 0 aromatic heterocycles. The highest BCUT2D eigenvalue weighted by molar-refractivity contribution is 6.31. The molecule has 0 aliphatic carbocycles. The molecule has 1 amide bonds. The third kappa shape index (κ3) is 3.40. The summed E-state index contributed by atoms with van der Waals surface area (Å²) >= 11 is 6.10. The maximum Gasteiger partial charge on any atom is 0.258 e. The number of halogens is 1. The number of amides is 1. The molecule has 5 heteroatoms. The molecule has 1 aliphatic rings. The van der Waals surface area contributed by atoms with E-state index in [1.54, 1.807) is 25.3 Å². The van der Waals surface area contributed by atoms with Crippen LogP contribution in [-0.4, -0.2) is 49.5 Å². The molecule has 24 heavy (non-hydrogen) atoms. The van der Waals surface area contributed by atoms with Gasteiger partial charge in [0.15, 0.2) is 0 Å². The number of methoxy groups -OCH3 is 1. The van der Waals surface area contributed by atoms with Crippen molar-refractivity contribution in [3.63, 3.8) is 0 Å². The normalized spacial score (nSPS) is 18.5. The molecule has 0 bridgehead atoms. The Morgan fingerprint density at radius 2 is 1.92 bits per heavy atom. The number of hydrogen-bond donors (Lipinski definition) is 0. The molecule has 0 N–H and O–H groups in total. The van der Waals surface area contributed by atoms with Crippen molar-refractivity contribution in [2.45, 2.75) is 6.04 Å². The highest BCUT2D eigenvalue weighted by atomic mass is 35.5. The molecule has 1 fully saturated rings. The summed E-state index contributed by atoms with van der Waals surface area (Å²) in [4.78, 5) is 17.4. The number of ether oxygens (including phenoxy) is 1. The molecule has 126 valence electrons. The zero-order valence-electron chi connectivity index (χ0n) is 13.9. The Hall–Kier alpha value is -2.04. The lowest BCUT2D eigenvalue weighted by Gasteiger charge is -2.40. The molecule has 1 saturated heterocycles. The first-order valence-electron chi connectivity index (χ1n) is 7.98. The second-order valence-electron chi connectivity index (χ2n) is 6.03. The first kappa shape index (κ1) is 16.8. The van der Waals surface area contributed by atoms with E-state index in [1.807, 2.05) is 23.1 Å². The monoisotopic (exact) mass is 344 g/mol. The van der Waals surface area contributed by atoms with E-state index in [0.29, 0.717) is 22.9 Å². The van der Waals surface area contributed by atoms with E-state index in [9.17, 15) is 4.79 Å². The van der Waals surface area contributed by atoms with Gasteiger partial charge in [-0.05, 0) is 30.8 Å². The van der Waals surface area contributed by atoms with Gasteiger partial charge in [-0.3, -0.25) is 4.79 Å². The number of benzene rings is 2. The third-order valence-electron chi connectivity index (χ3n) is 4.42. The van der Waals surface area contributed by atoms with Crippen molar-refractivity contribution < 1.29 is 9.53 Å². The lowest BCUT2D eigenvalue weighted by Crippen LogP contribution is -2.49. The minimum absolute atomic E-state index is 0.0149. The van der Waals surface area contributed by atoms with Gasteiger partial charge in [-0.15, -0.1) is 0 Å². The minimum atomic E-state index is -0.0451. The van der Waals surface area contributed by atoms with Crippen molar-refractivity contribution in [3.05, 3.63) is 64.7 Å². The van der Waals surface area contributed by atoms with E-state index in [1.165, 1.54) is 0 Å². The van der Waals surface area contributed by atoms with Crippen molar-refractivity contribution in [2.24, 2.45) is 0 Å². The summed E-state index contributed by atoms with van der Waals surface area (Å²) in [5, 5.41) is 0.532. The Morgan fingerprint density at radius 1 is 1.17 bits per heavy atom. The van der Waals surface area contributed by atoms with E-state index >= 15 is 0 Å². The van der Waals surface area contributed by atoms with Crippen LogP contribution in [-0.2, 0) is 0 Å². The number of nitrogens with zero attached hydrogens (tertiary/aromatic N) is 2. The minimum Gasteiger partial charge on any atom is -0.496 e. The molecular formula is C19H21ClN2O2. The summed E-state index contributed by atoms with van der Waals surface area (Å²) in [6.45, 7) is 2.32. The standard InChI is InChI=1S/C19H21ClN2O2/c1-21-10-11-22(17(13-21)14-6-4-3-5-7-14)19(23)16-12-15(20)8-9-18(16)24-2/h3-9,12,17H,10-11,13H2,1-2H3. The maximum atomic E-state index is 13.2. The summed E-state index contributed by atoms with van der Waals surface area (Å²) in [7, 11) is 3.65. The van der Waals surface area contributed by atoms with E-state index in [2.05, 4.69) is 24.1 Å². The molecule has 1 aliphatic heterocycles. The number of likely N-dealkylation sites (N-methyl/N-ethyl adjacent to an activating group) is 1. The van der Waals surface area contributed by atoms with Crippen molar-refractivity contribution in [2.75, 3.05) is 33.8 Å². The summed E-state index contributed by atoms with van der Waals surface area (Å²) < 4.78 is 5.36. The molecule has 2 aromatic rings. The predicted molar refractivity (Wildman–Crippen MR) is 95.7 cm³/mol. The second-order valence-corrected chi connectivity index (χ2v) is 6.47. The SMILES string of the molecule is COc1ccc(Cl)cc1C(=O)N1CCN(C)CC1c1ccccc1. The van der Waals surface area contributed by atoms with Gasteiger partial charge in [0.25, 0.3) is 5.91 Å². The fraction of sp³-hybridized carbons (Fsp3) is 0.316. The van der Waals surface area contributed by atoms with Crippen molar-refractivity contribution in [1.29, 1.82) is 0 Å². The average molecular weight is 345 g/mol. The van der Waals surface area contributed by atoms with Crippen LogP contribution in [0.15, 0.2) is 48.5 Å². The second kappa shape index (κ2) is 7.24. The van der Waals surface area contributed by atoms with Crippen LogP contribution in [0.3, 0.4) is 0 Å². The van der Waals surface area contributed by atoms with Crippen LogP contribution in [0.1, 0.15) is 22.0 Å². The summed E-state index contributed by atoms with van der Waals surface area (Å²) in [6.07, 6.45) is 0. The molecule has 0 spiro atoms. The third-order valence-corrected chi connectivity index (χ3v) is 4.66. The number of carbonyl (C=O) groups is 1. The van der Waals surface area contributed by atoms with Gasteiger partial charge < -0.3 is 14.5 Å². The Labute approximate surface area is 147 Å². The van der Waals surface area contributed by atoms with Crippen LogP contribution in [0.4, 0.5) is 0 Å². The molecule has 1 atom stereocenters. The van der Waals surface area contributed by atoms with Crippen LogP contribution < -0.4 is 4.74 Å². The molecule has 3 rings (SSSR count). The highest BCUT2D eigenvalue weighted by Crippen LogP contribution is 2.30. The molecule has 2 aromatic carbocycles. The van der Waals surface area contributed by atoms with Crippen LogP contribution >= 0.6 is 11.6 Å². The van der Waals surface area contributed by atoms with Gasteiger partial charge in [0, 0.05) is 24.7 Å².